The van der Waals surface area contributed by atoms with Gasteiger partial charge in [0.1, 0.15) is 48.8 Å². The second kappa shape index (κ2) is 59.9. The van der Waals surface area contributed by atoms with Gasteiger partial charge in [0.05, 0.1) is 32.0 Å². The number of aliphatic hydroxyl groups is 8. The summed E-state index contributed by atoms with van der Waals surface area (Å²) in [7, 11) is 0. The highest BCUT2D eigenvalue weighted by Gasteiger charge is 2.51. The number of rotatable bonds is 63. The number of nitrogens with one attached hydrogen (secondary N) is 1. The zero-order chi connectivity index (χ0) is 64.5. The average molecular weight is 1260 g/mol. The topological polar surface area (TPSA) is 228 Å². The van der Waals surface area contributed by atoms with E-state index in [4.69, 9.17) is 18.9 Å². The van der Waals surface area contributed by atoms with Crippen molar-refractivity contribution in [3.05, 3.63) is 36.5 Å². The standard InChI is InChI=1S/C75H141NO13/c1-3-5-7-9-11-13-15-17-19-21-23-25-27-29-30-31-32-33-34-35-37-39-41-43-45-47-49-51-53-55-57-59-67(80)76-63(62-86-74-72(85)70(83)73(66(61-78)88-74)89-75-71(84)69(82)68(81)65(60-77)87-75)64(79)58-56-54-52-50-48-46-44-42-40-38-36-28-26-24-22-20-18-16-14-12-10-8-6-4-2/h21,23,48,50,56,58,63-66,68-75,77-79,81-85H,3-20,22,24-47,49,51-55,57,59-62H2,1-2H3,(H,76,80)/b23-21-,50-48+,58-56+. The second-order valence-electron chi connectivity index (χ2n) is 26.8. The van der Waals surface area contributed by atoms with Crippen LogP contribution in [0.4, 0.5) is 0 Å². The molecule has 12 unspecified atom stereocenters. The SMILES string of the molecule is CCCCCCCCCC/C=C\CCCCCCCCCCCCCCCCCCCCCC(=O)NC(COC1OC(CO)C(OC2OC(CO)C(O)C(O)C2O)C(O)C1O)C(O)/C=C/CC/C=C/CCCCCCCCCCCCCCCCCCCC. The van der Waals surface area contributed by atoms with Crippen LogP contribution in [0.2, 0.25) is 0 Å². The lowest BCUT2D eigenvalue weighted by Crippen LogP contribution is -2.65. The van der Waals surface area contributed by atoms with Gasteiger partial charge in [-0.15, -0.1) is 0 Å². The Hall–Kier alpha value is -1.79. The third-order valence-corrected chi connectivity index (χ3v) is 18.5. The summed E-state index contributed by atoms with van der Waals surface area (Å²) in [5.74, 6) is -0.242. The normalized spacial score (nSPS) is 23.2. The molecule has 2 aliphatic rings. The van der Waals surface area contributed by atoms with E-state index < -0.39 is 86.8 Å². The molecular weight excluding hydrogens is 1120 g/mol. The van der Waals surface area contributed by atoms with E-state index in [-0.39, 0.29) is 18.9 Å². The maximum atomic E-state index is 13.4. The van der Waals surface area contributed by atoms with Crippen molar-refractivity contribution < 1.29 is 64.6 Å². The highest BCUT2D eigenvalue weighted by molar-refractivity contribution is 5.76. The van der Waals surface area contributed by atoms with E-state index in [1.165, 1.54) is 276 Å². The van der Waals surface area contributed by atoms with Gasteiger partial charge >= 0.3 is 0 Å². The fraction of sp³-hybridized carbons (Fsp3) is 0.907. The van der Waals surface area contributed by atoms with Crippen molar-refractivity contribution in [3.8, 4) is 0 Å². The van der Waals surface area contributed by atoms with Crippen LogP contribution in [0.1, 0.15) is 341 Å². The Morgan fingerprint density at radius 2 is 0.719 bits per heavy atom. The molecule has 2 saturated heterocycles. The molecule has 0 bridgehead atoms. The second-order valence-corrected chi connectivity index (χ2v) is 26.8. The minimum atomic E-state index is -1.79. The highest BCUT2D eigenvalue weighted by atomic mass is 16.7. The maximum absolute atomic E-state index is 13.4. The highest BCUT2D eigenvalue weighted by Crippen LogP contribution is 2.30. The molecule has 0 aromatic rings. The van der Waals surface area contributed by atoms with Gasteiger partial charge in [-0.2, -0.15) is 0 Å². The number of carbonyl (C=O) groups is 1. The van der Waals surface area contributed by atoms with E-state index in [9.17, 15) is 45.6 Å². The minimum Gasteiger partial charge on any atom is -0.394 e. The summed E-state index contributed by atoms with van der Waals surface area (Å²) >= 11 is 0. The summed E-state index contributed by atoms with van der Waals surface area (Å²) in [5.41, 5.74) is 0. The Balaban J connectivity index is 1.65. The van der Waals surface area contributed by atoms with Gasteiger partial charge in [0.25, 0.3) is 0 Å². The molecule has 14 nitrogen and oxygen atoms in total. The number of carbonyl (C=O) groups excluding carboxylic acids is 1. The van der Waals surface area contributed by atoms with Gasteiger partial charge in [0.15, 0.2) is 12.6 Å². The molecule has 1 amide bonds. The van der Waals surface area contributed by atoms with Crippen LogP contribution in [0, 0.1) is 0 Å². The average Bonchev–Trinajstić information content (AvgIpc) is 2.53. The van der Waals surface area contributed by atoms with Crippen LogP contribution in [0.15, 0.2) is 36.5 Å². The Labute approximate surface area is 544 Å². The largest absolute Gasteiger partial charge is 0.394 e. The number of unbranched alkanes of at least 4 members (excludes halogenated alkanes) is 46. The van der Waals surface area contributed by atoms with Crippen LogP contribution >= 0.6 is 0 Å². The first kappa shape index (κ1) is 83.3. The van der Waals surface area contributed by atoms with Gasteiger partial charge in [-0.3, -0.25) is 4.79 Å². The van der Waals surface area contributed by atoms with E-state index in [2.05, 4.69) is 43.5 Å². The molecule has 0 aromatic heterocycles. The molecule has 9 N–H and O–H groups in total. The number of hydrogen-bond donors (Lipinski definition) is 9. The predicted molar refractivity (Wildman–Crippen MR) is 365 cm³/mol. The maximum Gasteiger partial charge on any atom is 0.220 e. The van der Waals surface area contributed by atoms with Gasteiger partial charge in [-0.25, -0.2) is 0 Å². The lowest BCUT2D eigenvalue weighted by atomic mass is 9.97. The van der Waals surface area contributed by atoms with Crippen molar-refractivity contribution >= 4 is 5.91 Å². The van der Waals surface area contributed by atoms with Crippen molar-refractivity contribution in [2.24, 2.45) is 0 Å². The van der Waals surface area contributed by atoms with Crippen LogP contribution < -0.4 is 5.32 Å². The molecule has 0 aliphatic carbocycles. The lowest BCUT2D eigenvalue weighted by Gasteiger charge is -2.46. The molecule has 0 saturated carbocycles. The summed E-state index contributed by atoms with van der Waals surface area (Å²) in [5, 5.41) is 87.5. The lowest BCUT2D eigenvalue weighted by molar-refractivity contribution is -0.359. The third-order valence-electron chi connectivity index (χ3n) is 18.5. The van der Waals surface area contributed by atoms with Gasteiger partial charge in [0, 0.05) is 6.42 Å². The number of hydrogen-bond acceptors (Lipinski definition) is 13. The molecule has 2 rings (SSSR count). The van der Waals surface area contributed by atoms with Crippen LogP contribution in [0.5, 0.6) is 0 Å². The predicted octanol–water partition coefficient (Wildman–Crippen LogP) is 16.1. The molecule has 2 heterocycles. The molecule has 0 radical (unpaired) electrons. The summed E-state index contributed by atoms with van der Waals surface area (Å²) < 4.78 is 22.9. The number of amides is 1. The molecule has 14 heteroatoms. The van der Waals surface area contributed by atoms with E-state index in [0.29, 0.717) is 12.8 Å². The Morgan fingerprint density at radius 1 is 0.393 bits per heavy atom. The van der Waals surface area contributed by atoms with E-state index in [0.717, 1.165) is 32.1 Å². The zero-order valence-corrected chi connectivity index (χ0v) is 57.2. The molecule has 0 spiro atoms. The van der Waals surface area contributed by atoms with E-state index in [1.807, 2.05) is 6.08 Å². The van der Waals surface area contributed by atoms with Crippen LogP contribution in [0.3, 0.4) is 0 Å². The Morgan fingerprint density at radius 3 is 1.10 bits per heavy atom. The molecular formula is C75H141NO13. The van der Waals surface area contributed by atoms with Crippen molar-refractivity contribution in [2.75, 3.05) is 19.8 Å². The van der Waals surface area contributed by atoms with Crippen LogP contribution in [-0.2, 0) is 23.7 Å². The van der Waals surface area contributed by atoms with Gasteiger partial charge in [-0.05, 0) is 57.8 Å². The monoisotopic (exact) mass is 1260 g/mol. The Kier molecular flexibility index (Phi) is 56.1. The van der Waals surface area contributed by atoms with Gasteiger partial charge in [-0.1, -0.05) is 314 Å². The van der Waals surface area contributed by atoms with E-state index >= 15 is 0 Å². The molecule has 2 aliphatic heterocycles. The first-order valence-electron chi connectivity index (χ1n) is 37.7. The number of ether oxygens (including phenoxy) is 4. The summed E-state index contributed by atoms with van der Waals surface area (Å²) in [4.78, 5) is 13.4. The smallest absolute Gasteiger partial charge is 0.220 e. The van der Waals surface area contributed by atoms with Crippen molar-refractivity contribution in [1.82, 2.24) is 5.32 Å². The molecule has 89 heavy (non-hydrogen) atoms. The summed E-state index contributed by atoms with van der Waals surface area (Å²) in [6.07, 6.45) is 60.8. The number of allylic oxidation sites excluding steroid dienone is 5. The fourth-order valence-electron chi connectivity index (χ4n) is 12.5. The molecule has 12 atom stereocenters. The summed E-state index contributed by atoms with van der Waals surface area (Å²) in [6.45, 7) is 2.84. The third kappa shape index (κ3) is 43.7. The first-order valence-corrected chi connectivity index (χ1v) is 37.7. The van der Waals surface area contributed by atoms with E-state index in [1.54, 1.807) is 6.08 Å². The Bertz CT molecular complexity index is 1630. The molecule has 2 fully saturated rings. The number of aliphatic hydroxyl groups excluding tert-OH is 8. The first-order chi connectivity index (χ1) is 43.6. The fourth-order valence-corrected chi connectivity index (χ4v) is 12.5. The van der Waals surface area contributed by atoms with Gasteiger partial charge < -0.3 is 65.1 Å². The van der Waals surface area contributed by atoms with Crippen LogP contribution in [0.25, 0.3) is 0 Å². The van der Waals surface area contributed by atoms with Crippen LogP contribution in [-0.4, -0.2) is 140 Å². The quantitative estimate of drug-likeness (QED) is 0.0204. The summed E-state index contributed by atoms with van der Waals surface area (Å²) in [6, 6.07) is -0.931. The molecule has 0 aromatic carbocycles. The van der Waals surface area contributed by atoms with Crippen molar-refractivity contribution in [1.29, 1.82) is 0 Å². The van der Waals surface area contributed by atoms with Gasteiger partial charge in [0.2, 0.25) is 5.91 Å². The van der Waals surface area contributed by atoms with Crippen molar-refractivity contribution in [2.45, 2.75) is 415 Å². The zero-order valence-electron chi connectivity index (χ0n) is 57.2. The molecule has 524 valence electrons. The van der Waals surface area contributed by atoms with Crippen molar-refractivity contribution in [3.63, 3.8) is 0 Å². The minimum absolute atomic E-state index is 0.242.